The van der Waals surface area contributed by atoms with Gasteiger partial charge in [0.1, 0.15) is 5.78 Å². The van der Waals surface area contributed by atoms with Gasteiger partial charge in [0, 0.05) is 39.1 Å². The van der Waals surface area contributed by atoms with Gasteiger partial charge in [0.25, 0.3) is 0 Å². The van der Waals surface area contributed by atoms with E-state index in [0.717, 1.165) is 25.9 Å². The van der Waals surface area contributed by atoms with E-state index in [2.05, 4.69) is 12.2 Å². The first kappa shape index (κ1) is 17.7. The maximum absolute atomic E-state index is 11.8. The molecule has 0 aromatic carbocycles. The molecule has 0 aromatic rings. The van der Waals surface area contributed by atoms with Gasteiger partial charge in [0.05, 0.1) is 0 Å². The molecule has 1 aliphatic heterocycles. The fourth-order valence-corrected chi connectivity index (χ4v) is 2.37. The van der Waals surface area contributed by atoms with Gasteiger partial charge in [-0.3, -0.25) is 4.79 Å². The minimum Gasteiger partial charge on any atom is -0.410 e. The van der Waals surface area contributed by atoms with Crippen molar-refractivity contribution in [3.8, 4) is 0 Å². The number of hydrogen-bond donors (Lipinski definition) is 1. The monoisotopic (exact) mass is 283 g/mol. The smallest absolute Gasteiger partial charge is 0.410 e. The minimum atomic E-state index is -0.189. The summed E-state index contributed by atoms with van der Waals surface area (Å²) in [7, 11) is -0.189. The van der Waals surface area contributed by atoms with E-state index in [1.165, 1.54) is 32.1 Å². The predicted molar refractivity (Wildman–Crippen MR) is 83.0 cm³/mol. The molecule has 0 bridgehead atoms. The molecule has 0 saturated carbocycles. The van der Waals surface area contributed by atoms with E-state index in [9.17, 15) is 4.79 Å². The Bertz CT molecular complexity index is 243. The van der Waals surface area contributed by atoms with Crippen molar-refractivity contribution in [1.82, 2.24) is 5.32 Å². The number of rotatable bonds is 10. The van der Waals surface area contributed by atoms with Gasteiger partial charge in [-0.15, -0.1) is 0 Å². The molecular formula is C15H30BNO3. The molecule has 1 rings (SSSR count). The summed E-state index contributed by atoms with van der Waals surface area (Å²) in [5.41, 5.74) is 0. The van der Waals surface area contributed by atoms with Crippen LogP contribution in [0.3, 0.4) is 0 Å². The van der Waals surface area contributed by atoms with Crippen LogP contribution in [0.15, 0.2) is 0 Å². The quantitative estimate of drug-likeness (QED) is 0.495. The van der Waals surface area contributed by atoms with Crippen molar-refractivity contribution in [2.24, 2.45) is 0 Å². The molecule has 5 heteroatoms. The Labute approximate surface area is 124 Å². The maximum atomic E-state index is 11.8. The Kier molecular flexibility index (Phi) is 10.9. The van der Waals surface area contributed by atoms with E-state index in [-0.39, 0.29) is 7.12 Å². The molecule has 0 aromatic heterocycles. The molecular weight excluding hydrogens is 253 g/mol. The second kappa shape index (κ2) is 12.4. The van der Waals surface area contributed by atoms with Gasteiger partial charge in [-0.25, -0.2) is 0 Å². The van der Waals surface area contributed by atoms with E-state index in [1.54, 1.807) is 0 Å². The topological polar surface area (TPSA) is 47.6 Å². The molecule has 20 heavy (non-hydrogen) atoms. The van der Waals surface area contributed by atoms with Crippen LogP contribution in [0.1, 0.15) is 58.3 Å². The Morgan fingerprint density at radius 2 is 1.65 bits per heavy atom. The van der Waals surface area contributed by atoms with Gasteiger partial charge in [0.2, 0.25) is 0 Å². The third-order valence-electron chi connectivity index (χ3n) is 3.63. The standard InChI is InChI=1S/C15H30BNO3/c1-2-3-4-5-6-7-8-15(18)9-10-16-19-13-11-17-12-14-20-16/h17H,2-14H2,1H3. The van der Waals surface area contributed by atoms with Crippen LogP contribution in [0.5, 0.6) is 0 Å². The maximum Gasteiger partial charge on any atom is 0.457 e. The molecule has 0 spiro atoms. The number of carbonyl (C=O) groups is 1. The lowest BCUT2D eigenvalue weighted by Crippen LogP contribution is -2.35. The molecule has 0 radical (unpaired) electrons. The van der Waals surface area contributed by atoms with Crippen molar-refractivity contribution in [2.45, 2.75) is 64.6 Å². The Balaban J connectivity index is 1.98. The number of carbonyl (C=O) groups excluding carboxylic acids is 1. The summed E-state index contributed by atoms with van der Waals surface area (Å²) in [6.45, 7) is 5.28. The van der Waals surface area contributed by atoms with Gasteiger partial charge in [-0.2, -0.15) is 0 Å². The zero-order valence-electron chi connectivity index (χ0n) is 13.0. The summed E-state index contributed by atoms with van der Waals surface area (Å²) < 4.78 is 11.1. The van der Waals surface area contributed by atoms with Gasteiger partial charge in [-0.05, 0) is 12.7 Å². The third-order valence-corrected chi connectivity index (χ3v) is 3.63. The summed E-state index contributed by atoms with van der Waals surface area (Å²) in [6.07, 6.45) is 9.41. The highest BCUT2D eigenvalue weighted by Crippen LogP contribution is 2.10. The van der Waals surface area contributed by atoms with Crippen molar-refractivity contribution in [1.29, 1.82) is 0 Å². The van der Waals surface area contributed by atoms with Crippen LogP contribution in [0.25, 0.3) is 0 Å². The summed E-state index contributed by atoms with van der Waals surface area (Å²) >= 11 is 0. The lowest BCUT2D eigenvalue weighted by molar-refractivity contribution is -0.118. The van der Waals surface area contributed by atoms with Crippen molar-refractivity contribution >= 4 is 12.9 Å². The minimum absolute atomic E-state index is 0.189. The van der Waals surface area contributed by atoms with Crippen LogP contribution >= 0.6 is 0 Å². The Hall–Kier alpha value is -0.385. The molecule has 1 aliphatic rings. The van der Waals surface area contributed by atoms with E-state index in [1.807, 2.05) is 0 Å². The van der Waals surface area contributed by atoms with E-state index >= 15 is 0 Å². The molecule has 1 N–H and O–H groups in total. The normalized spacial score (nSPS) is 16.8. The largest absolute Gasteiger partial charge is 0.457 e. The first-order chi connectivity index (χ1) is 9.83. The molecule has 0 aliphatic carbocycles. The van der Waals surface area contributed by atoms with Crippen LogP contribution in [0, 0.1) is 0 Å². The SMILES string of the molecule is CCCCCCCCC(=O)CCB1OCCNCCO1. The number of unbranched alkanes of at least 4 members (excludes halogenated alkanes) is 5. The van der Waals surface area contributed by atoms with E-state index in [4.69, 9.17) is 9.31 Å². The second-order valence-electron chi connectivity index (χ2n) is 5.52. The van der Waals surface area contributed by atoms with Crippen molar-refractivity contribution in [3.63, 3.8) is 0 Å². The number of Topliss-reactive ketones (excluding diaryl/α,β-unsaturated/α-hetero) is 1. The molecule has 0 unspecified atom stereocenters. The van der Waals surface area contributed by atoms with E-state index < -0.39 is 0 Å². The summed E-state index contributed by atoms with van der Waals surface area (Å²) in [5.74, 6) is 0.355. The third kappa shape index (κ3) is 9.51. The predicted octanol–water partition coefficient (Wildman–Crippen LogP) is 2.82. The van der Waals surface area contributed by atoms with Crippen molar-refractivity contribution < 1.29 is 14.1 Å². The van der Waals surface area contributed by atoms with Crippen LogP contribution in [-0.2, 0) is 14.1 Å². The summed E-state index contributed by atoms with van der Waals surface area (Å²) in [6, 6.07) is 0. The zero-order valence-corrected chi connectivity index (χ0v) is 13.0. The van der Waals surface area contributed by atoms with Crippen LogP contribution in [0.2, 0.25) is 6.32 Å². The van der Waals surface area contributed by atoms with Crippen LogP contribution < -0.4 is 5.32 Å². The summed E-state index contributed by atoms with van der Waals surface area (Å²) in [4.78, 5) is 11.8. The number of ketones is 1. The molecule has 0 amide bonds. The molecule has 1 fully saturated rings. The molecule has 116 valence electrons. The first-order valence-corrected chi connectivity index (χ1v) is 8.28. The average Bonchev–Trinajstić information content (AvgIpc) is 2.41. The Morgan fingerprint density at radius 1 is 1.00 bits per heavy atom. The van der Waals surface area contributed by atoms with Gasteiger partial charge >= 0.3 is 7.12 Å². The highest BCUT2D eigenvalue weighted by Gasteiger charge is 2.20. The average molecular weight is 283 g/mol. The van der Waals surface area contributed by atoms with Gasteiger partial charge in [-0.1, -0.05) is 39.0 Å². The second-order valence-corrected chi connectivity index (χ2v) is 5.52. The first-order valence-electron chi connectivity index (χ1n) is 8.28. The van der Waals surface area contributed by atoms with Crippen molar-refractivity contribution in [3.05, 3.63) is 0 Å². The lowest BCUT2D eigenvalue weighted by atomic mass is 9.81. The van der Waals surface area contributed by atoms with Gasteiger partial charge in [0.15, 0.2) is 0 Å². The molecule has 1 heterocycles. The van der Waals surface area contributed by atoms with E-state index in [0.29, 0.717) is 31.7 Å². The van der Waals surface area contributed by atoms with Crippen LogP contribution in [-0.4, -0.2) is 39.2 Å². The van der Waals surface area contributed by atoms with Crippen LogP contribution in [0.4, 0.5) is 0 Å². The zero-order chi connectivity index (χ0) is 14.5. The molecule has 4 nitrogen and oxygen atoms in total. The fourth-order valence-electron chi connectivity index (χ4n) is 2.37. The highest BCUT2D eigenvalue weighted by atomic mass is 16.6. The molecule has 1 saturated heterocycles. The number of nitrogens with one attached hydrogen (secondary N) is 1. The number of hydrogen-bond acceptors (Lipinski definition) is 4. The highest BCUT2D eigenvalue weighted by molar-refractivity contribution is 6.44. The molecule has 0 atom stereocenters. The Morgan fingerprint density at radius 3 is 2.35 bits per heavy atom. The van der Waals surface area contributed by atoms with Gasteiger partial charge < -0.3 is 14.6 Å². The fraction of sp³-hybridized carbons (Fsp3) is 0.933. The van der Waals surface area contributed by atoms with Crippen molar-refractivity contribution in [2.75, 3.05) is 26.3 Å². The lowest BCUT2D eigenvalue weighted by Gasteiger charge is -2.18. The summed E-state index contributed by atoms with van der Waals surface area (Å²) in [5, 5.41) is 3.20.